The zero-order valence-electron chi connectivity index (χ0n) is 18.2. The van der Waals surface area contributed by atoms with Crippen LogP contribution in [0.3, 0.4) is 0 Å². The first-order valence-corrected chi connectivity index (χ1v) is 11.3. The summed E-state index contributed by atoms with van der Waals surface area (Å²) in [7, 11) is 0. The number of para-hydroxylation sites is 1. The van der Waals surface area contributed by atoms with Gasteiger partial charge in [-0.05, 0) is 74.8 Å². The Morgan fingerprint density at radius 1 is 1.31 bits per heavy atom. The van der Waals surface area contributed by atoms with Crippen molar-refractivity contribution in [3.05, 3.63) is 69.0 Å². The molecule has 2 unspecified atom stereocenters. The molecule has 1 aliphatic rings. The molecule has 4 rings (SSSR count). The predicted octanol–water partition coefficient (Wildman–Crippen LogP) is 4.04. The molecule has 0 aliphatic carbocycles. The van der Waals surface area contributed by atoms with E-state index in [2.05, 4.69) is 29.0 Å². The van der Waals surface area contributed by atoms with E-state index in [1.54, 1.807) is 30.3 Å². The summed E-state index contributed by atoms with van der Waals surface area (Å²) in [5, 5.41) is 3.32. The van der Waals surface area contributed by atoms with E-state index in [0.29, 0.717) is 28.9 Å². The molecule has 8 heteroatoms. The highest BCUT2D eigenvalue weighted by atomic mass is 32.1. The molecule has 1 amide bonds. The van der Waals surface area contributed by atoms with Gasteiger partial charge in [-0.15, -0.1) is 0 Å². The van der Waals surface area contributed by atoms with E-state index >= 15 is 0 Å². The average Bonchev–Trinajstić information content (AvgIpc) is 2.78. The molecule has 0 bridgehead atoms. The van der Waals surface area contributed by atoms with Crippen molar-refractivity contribution in [2.75, 3.05) is 19.6 Å². The third-order valence-corrected chi connectivity index (χ3v) is 6.41. The molecular weight excluding hydrogens is 427 g/mol. The van der Waals surface area contributed by atoms with Gasteiger partial charge in [0.1, 0.15) is 5.82 Å². The number of aromatic nitrogens is 2. The number of hydrogen-bond acceptors (Lipinski definition) is 4. The highest BCUT2D eigenvalue weighted by Gasteiger charge is 2.21. The quantitative estimate of drug-likeness (QED) is 0.571. The molecule has 168 valence electrons. The van der Waals surface area contributed by atoms with Gasteiger partial charge in [0.2, 0.25) is 0 Å². The van der Waals surface area contributed by atoms with Crippen molar-refractivity contribution in [1.82, 2.24) is 19.8 Å². The Bertz CT molecular complexity index is 1270. The zero-order chi connectivity index (χ0) is 22.8. The van der Waals surface area contributed by atoms with Crippen LogP contribution in [0.4, 0.5) is 4.39 Å². The number of likely N-dealkylation sites (tertiary alicyclic amines) is 1. The number of carbonyl (C=O) groups excluding carboxylic acids is 1. The molecule has 2 aromatic carbocycles. The predicted molar refractivity (Wildman–Crippen MR) is 126 cm³/mol. The SMILES string of the molecule is CC1CCCN(C(C)CNC(=O)c2ccc3c(=O)n(-c4ccccc4F)c(=S)[nH]c3c2)C1. The van der Waals surface area contributed by atoms with Crippen LogP contribution >= 0.6 is 12.2 Å². The number of amides is 1. The van der Waals surface area contributed by atoms with Crippen LogP contribution < -0.4 is 10.9 Å². The standard InChI is InChI=1S/C24H27FN4O2S/c1-15-6-5-11-28(14-15)16(2)13-26-22(30)17-9-10-18-20(12-17)27-24(32)29(23(18)31)21-8-4-3-7-19(21)25/h3-4,7-10,12,15-16H,5-6,11,13-14H2,1-2H3,(H,26,30)(H,27,32). The molecule has 3 aromatic rings. The van der Waals surface area contributed by atoms with Crippen molar-refractivity contribution in [3.8, 4) is 5.69 Å². The van der Waals surface area contributed by atoms with Gasteiger partial charge >= 0.3 is 0 Å². The molecule has 1 fully saturated rings. The lowest BCUT2D eigenvalue weighted by atomic mass is 9.99. The molecule has 0 spiro atoms. The summed E-state index contributed by atoms with van der Waals surface area (Å²) < 4.78 is 15.4. The maximum Gasteiger partial charge on any atom is 0.266 e. The average molecular weight is 455 g/mol. The second-order valence-corrected chi connectivity index (χ2v) is 8.97. The van der Waals surface area contributed by atoms with E-state index in [9.17, 15) is 14.0 Å². The molecule has 1 aliphatic heterocycles. The van der Waals surface area contributed by atoms with E-state index in [1.807, 2.05) is 0 Å². The largest absolute Gasteiger partial charge is 0.350 e. The third-order valence-electron chi connectivity index (χ3n) is 6.12. The molecule has 6 nitrogen and oxygen atoms in total. The van der Waals surface area contributed by atoms with Crippen LogP contribution in [0.25, 0.3) is 16.6 Å². The van der Waals surface area contributed by atoms with Crippen LogP contribution in [0, 0.1) is 16.5 Å². The second-order valence-electron chi connectivity index (χ2n) is 8.58. The zero-order valence-corrected chi connectivity index (χ0v) is 19.0. The van der Waals surface area contributed by atoms with Crippen LogP contribution in [0.15, 0.2) is 47.3 Å². The summed E-state index contributed by atoms with van der Waals surface area (Å²) in [4.78, 5) is 31.1. The third kappa shape index (κ3) is 4.52. The van der Waals surface area contributed by atoms with Crippen molar-refractivity contribution < 1.29 is 9.18 Å². The van der Waals surface area contributed by atoms with E-state index in [0.717, 1.165) is 17.7 Å². The minimum absolute atomic E-state index is 0.0676. The fourth-order valence-electron chi connectivity index (χ4n) is 4.31. The summed E-state index contributed by atoms with van der Waals surface area (Å²) in [6.45, 7) is 7.05. The lowest BCUT2D eigenvalue weighted by Gasteiger charge is -2.35. The lowest BCUT2D eigenvalue weighted by molar-refractivity contribution is 0.0917. The molecule has 32 heavy (non-hydrogen) atoms. The molecule has 0 radical (unpaired) electrons. The molecule has 2 N–H and O–H groups in total. The Balaban J connectivity index is 1.55. The van der Waals surface area contributed by atoms with Gasteiger partial charge in [0, 0.05) is 24.7 Å². The van der Waals surface area contributed by atoms with Crippen molar-refractivity contribution in [2.24, 2.45) is 5.92 Å². The van der Waals surface area contributed by atoms with E-state index in [1.165, 1.54) is 25.0 Å². The number of carbonyl (C=O) groups is 1. The number of halogens is 1. The Kier molecular flexibility index (Phi) is 6.53. The van der Waals surface area contributed by atoms with Gasteiger partial charge in [0.25, 0.3) is 11.5 Å². The maximum absolute atomic E-state index is 14.2. The van der Waals surface area contributed by atoms with Gasteiger partial charge in [0.05, 0.1) is 16.6 Å². The number of benzene rings is 2. The van der Waals surface area contributed by atoms with Gasteiger partial charge in [-0.25, -0.2) is 8.96 Å². The highest BCUT2D eigenvalue weighted by Crippen LogP contribution is 2.18. The number of aromatic amines is 1. The first-order chi connectivity index (χ1) is 15.3. The fourth-order valence-corrected chi connectivity index (χ4v) is 4.60. The lowest BCUT2D eigenvalue weighted by Crippen LogP contribution is -2.46. The summed E-state index contributed by atoms with van der Waals surface area (Å²) in [5.41, 5.74) is 0.528. The molecule has 2 heterocycles. The minimum Gasteiger partial charge on any atom is -0.350 e. The molecular formula is C24H27FN4O2S. The summed E-state index contributed by atoms with van der Waals surface area (Å²) in [6, 6.07) is 11.0. The maximum atomic E-state index is 14.2. The Morgan fingerprint density at radius 3 is 2.84 bits per heavy atom. The number of piperidine rings is 1. The summed E-state index contributed by atoms with van der Waals surface area (Å²) in [5.74, 6) is -0.0676. The number of rotatable bonds is 5. The summed E-state index contributed by atoms with van der Waals surface area (Å²) in [6.07, 6.45) is 2.44. The number of hydrogen-bond donors (Lipinski definition) is 2. The first-order valence-electron chi connectivity index (χ1n) is 10.9. The van der Waals surface area contributed by atoms with Crippen LogP contribution in [0.2, 0.25) is 0 Å². The first kappa shape index (κ1) is 22.4. The topological polar surface area (TPSA) is 70.1 Å². The van der Waals surface area contributed by atoms with Crippen molar-refractivity contribution >= 4 is 29.0 Å². The Labute approximate surface area is 191 Å². The van der Waals surface area contributed by atoms with E-state index < -0.39 is 11.4 Å². The molecule has 2 atom stereocenters. The van der Waals surface area contributed by atoms with E-state index in [-0.39, 0.29) is 22.4 Å². The normalized spacial score (nSPS) is 17.9. The fraction of sp³-hybridized carbons (Fsp3) is 0.375. The van der Waals surface area contributed by atoms with Crippen LogP contribution in [-0.2, 0) is 0 Å². The molecule has 0 saturated carbocycles. The smallest absolute Gasteiger partial charge is 0.266 e. The van der Waals surface area contributed by atoms with Crippen molar-refractivity contribution in [2.45, 2.75) is 32.7 Å². The number of nitrogens with zero attached hydrogens (tertiary/aromatic N) is 2. The Morgan fingerprint density at radius 2 is 2.09 bits per heavy atom. The van der Waals surface area contributed by atoms with Crippen molar-refractivity contribution in [3.63, 3.8) is 0 Å². The van der Waals surface area contributed by atoms with Gasteiger partial charge < -0.3 is 10.3 Å². The van der Waals surface area contributed by atoms with Crippen LogP contribution in [-0.4, -0.2) is 46.0 Å². The monoisotopic (exact) mass is 454 g/mol. The highest BCUT2D eigenvalue weighted by molar-refractivity contribution is 7.71. The summed E-state index contributed by atoms with van der Waals surface area (Å²) >= 11 is 5.32. The Hall–Kier alpha value is -2.84. The second kappa shape index (κ2) is 9.34. The number of fused-ring (bicyclic) bond motifs is 1. The number of nitrogens with one attached hydrogen (secondary N) is 2. The van der Waals surface area contributed by atoms with Gasteiger partial charge in [0.15, 0.2) is 4.77 Å². The van der Waals surface area contributed by atoms with Crippen molar-refractivity contribution in [1.29, 1.82) is 0 Å². The van der Waals surface area contributed by atoms with Crippen LogP contribution in [0.5, 0.6) is 0 Å². The van der Waals surface area contributed by atoms with E-state index in [4.69, 9.17) is 12.2 Å². The van der Waals surface area contributed by atoms with Gasteiger partial charge in [-0.2, -0.15) is 0 Å². The van der Waals surface area contributed by atoms with Gasteiger partial charge in [-0.3, -0.25) is 14.5 Å². The molecule has 1 aromatic heterocycles. The van der Waals surface area contributed by atoms with Crippen LogP contribution in [0.1, 0.15) is 37.0 Å². The number of H-pyrrole nitrogens is 1. The van der Waals surface area contributed by atoms with Gasteiger partial charge in [-0.1, -0.05) is 19.1 Å². The molecule has 1 saturated heterocycles. The minimum atomic E-state index is -0.540.